The lowest BCUT2D eigenvalue weighted by atomic mass is 10.2. The normalized spacial score (nSPS) is 10.9. The molecule has 0 saturated carbocycles. The van der Waals surface area contributed by atoms with Gasteiger partial charge in [-0.3, -0.25) is 9.48 Å². The lowest BCUT2D eigenvalue weighted by Gasteiger charge is -2.05. The SMILES string of the molecule is CCn1ccc(C(=O)Nc2cccc(-c3nc4ccccc4[nH]3)c2)n1. The molecule has 0 radical (unpaired) electrons. The molecule has 0 aliphatic heterocycles. The predicted molar refractivity (Wildman–Crippen MR) is 97.4 cm³/mol. The van der Waals surface area contributed by atoms with Crippen molar-refractivity contribution in [3.63, 3.8) is 0 Å². The number of aromatic amines is 1. The van der Waals surface area contributed by atoms with Gasteiger partial charge in [-0.2, -0.15) is 5.10 Å². The topological polar surface area (TPSA) is 75.6 Å². The number of aryl methyl sites for hydroxylation is 1. The van der Waals surface area contributed by atoms with Gasteiger partial charge in [0.15, 0.2) is 5.69 Å². The first-order chi connectivity index (χ1) is 12.2. The molecule has 2 heterocycles. The summed E-state index contributed by atoms with van der Waals surface area (Å²) in [4.78, 5) is 20.2. The van der Waals surface area contributed by atoms with E-state index in [-0.39, 0.29) is 5.91 Å². The highest BCUT2D eigenvalue weighted by Gasteiger charge is 2.11. The number of fused-ring (bicyclic) bond motifs is 1. The Kier molecular flexibility index (Phi) is 3.78. The fourth-order valence-corrected chi connectivity index (χ4v) is 2.69. The van der Waals surface area contributed by atoms with Gasteiger partial charge in [0.05, 0.1) is 11.0 Å². The summed E-state index contributed by atoms with van der Waals surface area (Å²) in [7, 11) is 0. The average Bonchev–Trinajstić information content (AvgIpc) is 3.28. The van der Waals surface area contributed by atoms with Gasteiger partial charge in [-0.25, -0.2) is 4.98 Å². The van der Waals surface area contributed by atoms with Crippen molar-refractivity contribution in [3.8, 4) is 11.4 Å². The van der Waals surface area contributed by atoms with E-state index in [1.54, 1.807) is 16.9 Å². The number of anilines is 1. The van der Waals surface area contributed by atoms with E-state index >= 15 is 0 Å². The van der Waals surface area contributed by atoms with Crippen molar-refractivity contribution in [3.05, 3.63) is 66.5 Å². The molecular formula is C19H17N5O. The van der Waals surface area contributed by atoms with Crippen LogP contribution in [-0.2, 0) is 6.54 Å². The number of benzene rings is 2. The van der Waals surface area contributed by atoms with Crippen molar-refractivity contribution in [2.24, 2.45) is 0 Å². The van der Waals surface area contributed by atoms with E-state index in [2.05, 4.69) is 20.4 Å². The minimum absolute atomic E-state index is 0.228. The molecule has 4 aromatic rings. The van der Waals surface area contributed by atoms with Crippen molar-refractivity contribution in [2.75, 3.05) is 5.32 Å². The highest BCUT2D eigenvalue weighted by molar-refractivity contribution is 6.03. The van der Waals surface area contributed by atoms with Crippen LogP contribution in [0.1, 0.15) is 17.4 Å². The summed E-state index contributed by atoms with van der Waals surface area (Å²) in [5.41, 5.74) is 3.91. The molecule has 1 amide bonds. The van der Waals surface area contributed by atoms with E-state index < -0.39 is 0 Å². The Morgan fingerprint density at radius 3 is 2.84 bits per heavy atom. The molecule has 0 atom stereocenters. The van der Waals surface area contributed by atoms with Gasteiger partial charge < -0.3 is 10.3 Å². The fourth-order valence-electron chi connectivity index (χ4n) is 2.69. The highest BCUT2D eigenvalue weighted by atomic mass is 16.1. The van der Waals surface area contributed by atoms with Gasteiger partial charge >= 0.3 is 0 Å². The summed E-state index contributed by atoms with van der Waals surface area (Å²) in [5, 5.41) is 7.10. The third kappa shape index (κ3) is 3.01. The molecule has 0 bridgehead atoms. The number of nitrogens with one attached hydrogen (secondary N) is 2. The van der Waals surface area contributed by atoms with E-state index in [0.29, 0.717) is 11.4 Å². The molecular weight excluding hydrogens is 314 g/mol. The van der Waals surface area contributed by atoms with Crippen LogP contribution < -0.4 is 5.32 Å². The largest absolute Gasteiger partial charge is 0.338 e. The molecule has 25 heavy (non-hydrogen) atoms. The first-order valence-corrected chi connectivity index (χ1v) is 8.13. The van der Waals surface area contributed by atoms with Crippen LogP contribution in [0.5, 0.6) is 0 Å². The lowest BCUT2D eigenvalue weighted by Crippen LogP contribution is -2.13. The third-order valence-corrected chi connectivity index (χ3v) is 3.98. The zero-order valence-corrected chi connectivity index (χ0v) is 13.7. The summed E-state index contributed by atoms with van der Waals surface area (Å²) in [6.07, 6.45) is 1.79. The Morgan fingerprint density at radius 1 is 1.16 bits per heavy atom. The standard InChI is InChI=1S/C19H17N5O/c1-2-24-11-10-17(23-24)19(25)20-14-7-5-6-13(12-14)18-21-15-8-3-4-9-16(15)22-18/h3-12H,2H2,1H3,(H,20,25)(H,21,22). The van der Waals surface area contributed by atoms with Gasteiger partial charge in [0.2, 0.25) is 0 Å². The fraction of sp³-hybridized carbons (Fsp3) is 0.105. The number of H-pyrrole nitrogens is 1. The molecule has 0 aliphatic carbocycles. The Balaban J connectivity index is 1.59. The van der Waals surface area contributed by atoms with Gasteiger partial charge in [0.1, 0.15) is 5.82 Å². The maximum atomic E-state index is 12.3. The number of hydrogen-bond donors (Lipinski definition) is 2. The zero-order valence-electron chi connectivity index (χ0n) is 13.7. The van der Waals surface area contributed by atoms with Crippen LogP contribution in [0.3, 0.4) is 0 Å². The lowest BCUT2D eigenvalue weighted by molar-refractivity contribution is 0.102. The second kappa shape index (κ2) is 6.24. The number of aromatic nitrogens is 4. The summed E-state index contributed by atoms with van der Waals surface area (Å²) < 4.78 is 1.72. The quantitative estimate of drug-likeness (QED) is 0.599. The zero-order chi connectivity index (χ0) is 17.2. The van der Waals surface area contributed by atoms with Gasteiger partial charge in [-0.15, -0.1) is 0 Å². The van der Waals surface area contributed by atoms with Gasteiger partial charge in [-0.05, 0) is 37.3 Å². The molecule has 124 valence electrons. The van der Waals surface area contributed by atoms with Crippen LogP contribution in [0.25, 0.3) is 22.4 Å². The van der Waals surface area contributed by atoms with Crippen molar-refractivity contribution in [1.82, 2.24) is 19.7 Å². The van der Waals surface area contributed by atoms with E-state index in [4.69, 9.17) is 0 Å². The van der Waals surface area contributed by atoms with Crippen molar-refractivity contribution >= 4 is 22.6 Å². The Morgan fingerprint density at radius 2 is 2.04 bits per heavy atom. The summed E-state index contributed by atoms with van der Waals surface area (Å²) in [6, 6.07) is 17.2. The number of imidazole rings is 1. The second-order valence-electron chi connectivity index (χ2n) is 5.69. The highest BCUT2D eigenvalue weighted by Crippen LogP contribution is 2.23. The van der Waals surface area contributed by atoms with Gasteiger partial charge in [-0.1, -0.05) is 24.3 Å². The van der Waals surface area contributed by atoms with Crippen LogP contribution >= 0.6 is 0 Å². The molecule has 2 aromatic carbocycles. The van der Waals surface area contributed by atoms with E-state index in [1.807, 2.05) is 55.5 Å². The van der Waals surface area contributed by atoms with Crippen LogP contribution in [0.15, 0.2) is 60.8 Å². The molecule has 6 nitrogen and oxygen atoms in total. The average molecular weight is 331 g/mol. The molecule has 4 rings (SSSR count). The number of carbonyl (C=O) groups excluding carboxylic acids is 1. The predicted octanol–water partition coefficient (Wildman–Crippen LogP) is 3.70. The molecule has 6 heteroatoms. The Bertz CT molecular complexity index is 1010. The van der Waals surface area contributed by atoms with E-state index in [9.17, 15) is 4.79 Å². The summed E-state index contributed by atoms with van der Waals surface area (Å²) in [5.74, 6) is 0.543. The molecule has 0 saturated heterocycles. The van der Waals surface area contributed by atoms with Crippen LogP contribution in [0, 0.1) is 0 Å². The number of para-hydroxylation sites is 2. The summed E-state index contributed by atoms with van der Waals surface area (Å²) >= 11 is 0. The maximum absolute atomic E-state index is 12.3. The number of nitrogens with zero attached hydrogens (tertiary/aromatic N) is 3. The van der Waals surface area contributed by atoms with Gasteiger partial charge in [0.25, 0.3) is 5.91 Å². The number of carbonyl (C=O) groups is 1. The van der Waals surface area contributed by atoms with Gasteiger partial charge in [0, 0.05) is 24.0 Å². The van der Waals surface area contributed by atoms with E-state index in [1.165, 1.54) is 0 Å². The molecule has 0 aliphatic rings. The third-order valence-electron chi connectivity index (χ3n) is 3.98. The summed E-state index contributed by atoms with van der Waals surface area (Å²) in [6.45, 7) is 2.71. The first kappa shape index (κ1) is 15.1. The van der Waals surface area contributed by atoms with Crippen molar-refractivity contribution < 1.29 is 4.79 Å². The molecule has 0 spiro atoms. The number of rotatable bonds is 4. The monoisotopic (exact) mass is 331 g/mol. The molecule has 2 aromatic heterocycles. The van der Waals surface area contributed by atoms with Crippen molar-refractivity contribution in [1.29, 1.82) is 0 Å². The Hall–Kier alpha value is -3.41. The molecule has 0 unspecified atom stereocenters. The number of hydrogen-bond acceptors (Lipinski definition) is 3. The van der Waals surface area contributed by atoms with E-state index in [0.717, 1.165) is 29.0 Å². The number of amides is 1. The van der Waals surface area contributed by atoms with Crippen molar-refractivity contribution in [2.45, 2.75) is 13.5 Å². The van der Waals surface area contributed by atoms with Crippen LogP contribution in [0.4, 0.5) is 5.69 Å². The Labute approximate surface area is 144 Å². The minimum atomic E-state index is -0.228. The minimum Gasteiger partial charge on any atom is -0.338 e. The van der Waals surface area contributed by atoms with Crippen LogP contribution in [0.2, 0.25) is 0 Å². The molecule has 0 fully saturated rings. The first-order valence-electron chi connectivity index (χ1n) is 8.13. The molecule has 2 N–H and O–H groups in total. The smallest absolute Gasteiger partial charge is 0.276 e. The second-order valence-corrected chi connectivity index (χ2v) is 5.69. The van der Waals surface area contributed by atoms with Crippen LogP contribution in [-0.4, -0.2) is 25.7 Å². The maximum Gasteiger partial charge on any atom is 0.276 e.